The van der Waals surface area contributed by atoms with E-state index in [4.69, 9.17) is 20.7 Å². The molecule has 2 aliphatic heterocycles. The van der Waals surface area contributed by atoms with Crippen LogP contribution < -0.4 is 11.1 Å². The lowest BCUT2D eigenvalue weighted by molar-refractivity contribution is -0.267. The van der Waals surface area contributed by atoms with Crippen molar-refractivity contribution in [2.45, 2.75) is 82.5 Å². The molecular weight excluding hydrogens is 572 g/mol. The third kappa shape index (κ3) is 7.94. The number of nitrogens with one attached hydrogen (secondary N) is 2. The van der Waals surface area contributed by atoms with E-state index in [0.29, 0.717) is 38.5 Å². The Bertz CT molecular complexity index is 1270. The van der Waals surface area contributed by atoms with E-state index in [9.17, 15) is 14.4 Å². The maximum Gasteiger partial charge on any atom is 0.436 e. The number of carbonyl (C=O) groups is 3. The van der Waals surface area contributed by atoms with Crippen LogP contribution in [0, 0.1) is 11.3 Å². The first-order valence-electron chi connectivity index (χ1n) is 16.2. The molecule has 5 rings (SSSR count). The summed E-state index contributed by atoms with van der Waals surface area (Å²) >= 11 is 0. The van der Waals surface area contributed by atoms with Gasteiger partial charge in [-0.1, -0.05) is 79.9 Å². The van der Waals surface area contributed by atoms with Crippen LogP contribution >= 0.6 is 0 Å². The number of guanidine groups is 1. The summed E-state index contributed by atoms with van der Waals surface area (Å²) in [5, 5.41) is 11.3. The molecule has 242 valence electrons. The Morgan fingerprint density at radius 1 is 1.02 bits per heavy atom. The van der Waals surface area contributed by atoms with Gasteiger partial charge in [-0.3, -0.25) is 19.8 Å². The SMILES string of the molecule is C[C@H]1C(=O)N(CCC(c2ccccc2)c2ccccc2)C[C@@H]2N(C(=O)OCC3CCCCC3)O[C@@H](CCCNC(=N)N)C(=O)N21. The molecule has 2 aromatic rings. The van der Waals surface area contributed by atoms with E-state index in [1.165, 1.54) is 16.4 Å². The number of hydrogen-bond acceptors (Lipinski definition) is 6. The first-order chi connectivity index (χ1) is 21.8. The molecule has 0 radical (unpaired) electrons. The van der Waals surface area contributed by atoms with E-state index in [0.717, 1.165) is 36.8 Å². The summed E-state index contributed by atoms with van der Waals surface area (Å²) in [4.78, 5) is 50.4. The van der Waals surface area contributed by atoms with Gasteiger partial charge in [0.05, 0.1) is 13.2 Å². The highest BCUT2D eigenvalue weighted by molar-refractivity contribution is 5.91. The fraction of sp³-hybridized carbons (Fsp3) is 0.529. The molecule has 3 aliphatic rings. The van der Waals surface area contributed by atoms with Crippen LogP contribution in [0.15, 0.2) is 60.7 Å². The van der Waals surface area contributed by atoms with Gasteiger partial charge >= 0.3 is 6.09 Å². The molecule has 4 N–H and O–H groups in total. The molecule has 2 heterocycles. The van der Waals surface area contributed by atoms with Gasteiger partial charge in [0.1, 0.15) is 6.04 Å². The lowest BCUT2D eigenvalue weighted by Crippen LogP contribution is -2.73. The largest absolute Gasteiger partial charge is 0.448 e. The molecule has 45 heavy (non-hydrogen) atoms. The van der Waals surface area contributed by atoms with E-state index in [1.54, 1.807) is 11.8 Å². The summed E-state index contributed by atoms with van der Waals surface area (Å²) in [6, 6.07) is 19.7. The fourth-order valence-electron chi connectivity index (χ4n) is 6.80. The molecule has 0 aromatic heterocycles. The van der Waals surface area contributed by atoms with Crippen LogP contribution in [0.3, 0.4) is 0 Å². The molecule has 2 saturated heterocycles. The summed E-state index contributed by atoms with van der Waals surface area (Å²) in [5.41, 5.74) is 7.72. The molecular formula is C34H46N6O5. The van der Waals surface area contributed by atoms with Crippen LogP contribution in [0.4, 0.5) is 4.79 Å². The molecule has 0 bridgehead atoms. The molecule has 0 spiro atoms. The second-order valence-corrected chi connectivity index (χ2v) is 12.3. The topological polar surface area (TPSA) is 141 Å². The van der Waals surface area contributed by atoms with E-state index in [1.807, 2.05) is 36.4 Å². The van der Waals surface area contributed by atoms with Crippen LogP contribution in [0.1, 0.15) is 75.3 Å². The Labute approximate surface area is 265 Å². The maximum absolute atomic E-state index is 13.8. The smallest absolute Gasteiger partial charge is 0.436 e. The summed E-state index contributed by atoms with van der Waals surface area (Å²) in [7, 11) is 0. The Kier molecular flexibility index (Phi) is 10.9. The number of hydrogen-bond donors (Lipinski definition) is 3. The normalized spacial score (nSPS) is 22.4. The minimum atomic E-state index is -0.959. The van der Waals surface area contributed by atoms with Gasteiger partial charge < -0.3 is 25.6 Å². The monoisotopic (exact) mass is 618 g/mol. The zero-order valence-electron chi connectivity index (χ0n) is 26.1. The number of fused-ring (bicyclic) bond motifs is 1. The highest BCUT2D eigenvalue weighted by atomic mass is 16.7. The highest BCUT2D eigenvalue weighted by Crippen LogP contribution is 2.32. The van der Waals surface area contributed by atoms with Crippen molar-refractivity contribution in [1.82, 2.24) is 20.2 Å². The van der Waals surface area contributed by atoms with E-state index >= 15 is 0 Å². The minimum absolute atomic E-state index is 0.0716. The number of piperazine rings is 1. The molecule has 1 saturated carbocycles. The van der Waals surface area contributed by atoms with Gasteiger partial charge in [0.25, 0.3) is 5.91 Å². The first-order valence-corrected chi connectivity index (χ1v) is 16.2. The lowest BCUT2D eigenvalue weighted by atomic mass is 9.88. The van der Waals surface area contributed by atoms with E-state index in [2.05, 4.69) is 29.6 Å². The zero-order valence-corrected chi connectivity index (χ0v) is 26.1. The van der Waals surface area contributed by atoms with Gasteiger partial charge in [-0.15, -0.1) is 0 Å². The number of benzene rings is 2. The summed E-state index contributed by atoms with van der Waals surface area (Å²) in [6.45, 7) is 2.98. The van der Waals surface area contributed by atoms with Gasteiger partial charge in [-0.05, 0) is 56.1 Å². The summed E-state index contributed by atoms with van der Waals surface area (Å²) in [6.07, 6.45) is 4.56. The lowest BCUT2D eigenvalue weighted by Gasteiger charge is -2.52. The van der Waals surface area contributed by atoms with Crippen molar-refractivity contribution < 1.29 is 24.0 Å². The first kappa shape index (κ1) is 32.3. The number of rotatable bonds is 11. The van der Waals surface area contributed by atoms with Crippen LogP contribution in [-0.2, 0) is 19.2 Å². The number of hydroxylamine groups is 2. The Morgan fingerprint density at radius 2 is 1.67 bits per heavy atom. The van der Waals surface area contributed by atoms with Gasteiger partial charge in [-0.25, -0.2) is 4.79 Å². The zero-order chi connectivity index (χ0) is 31.8. The molecule has 11 nitrogen and oxygen atoms in total. The van der Waals surface area contributed by atoms with Crippen molar-refractivity contribution in [3.63, 3.8) is 0 Å². The average Bonchev–Trinajstić information content (AvgIpc) is 3.06. The molecule has 2 aromatic carbocycles. The van der Waals surface area contributed by atoms with Crippen LogP contribution in [0.25, 0.3) is 0 Å². The Morgan fingerprint density at radius 3 is 2.29 bits per heavy atom. The minimum Gasteiger partial charge on any atom is -0.448 e. The number of nitrogens with two attached hydrogens (primary N) is 1. The highest BCUT2D eigenvalue weighted by Gasteiger charge is 2.52. The van der Waals surface area contributed by atoms with Crippen molar-refractivity contribution in [3.8, 4) is 0 Å². The molecule has 11 heteroatoms. The third-order valence-electron chi connectivity index (χ3n) is 9.23. The number of amides is 3. The fourth-order valence-corrected chi connectivity index (χ4v) is 6.80. The predicted octanol–water partition coefficient (Wildman–Crippen LogP) is 4.19. The molecule has 3 atom stereocenters. The van der Waals surface area contributed by atoms with Crippen LogP contribution in [0.2, 0.25) is 0 Å². The average molecular weight is 619 g/mol. The van der Waals surface area contributed by atoms with Gasteiger partial charge in [0.15, 0.2) is 18.2 Å². The standard InChI is InChI=1S/C34H46N6O5/c1-24-31(41)38(21-19-28(26-14-7-3-8-15-26)27-16-9-4-10-17-27)22-30-39(24)32(42)29(18-11-20-37-33(35)36)45-40(30)34(43)44-23-25-12-5-2-6-13-25/h3-4,7-10,14-17,24-25,28-30H,2,5-6,11-13,18-23H2,1H3,(H4,35,36,37)/t24-,29-,30-/m0/s1. The van der Waals surface area contributed by atoms with E-state index in [-0.39, 0.29) is 36.7 Å². The van der Waals surface area contributed by atoms with Gasteiger partial charge in [-0.2, -0.15) is 5.06 Å². The van der Waals surface area contributed by atoms with Crippen molar-refractivity contribution in [1.29, 1.82) is 5.41 Å². The Hall–Kier alpha value is -4.12. The summed E-state index contributed by atoms with van der Waals surface area (Å²) < 4.78 is 5.79. The second kappa shape index (κ2) is 15.2. The molecule has 0 unspecified atom stereocenters. The predicted molar refractivity (Wildman–Crippen MR) is 170 cm³/mol. The maximum atomic E-state index is 13.8. The van der Waals surface area contributed by atoms with Crippen molar-refractivity contribution >= 4 is 23.9 Å². The molecule has 3 amide bonds. The van der Waals surface area contributed by atoms with Crippen molar-refractivity contribution in [2.24, 2.45) is 11.7 Å². The Balaban J connectivity index is 1.33. The van der Waals surface area contributed by atoms with Gasteiger partial charge in [0.2, 0.25) is 5.91 Å². The quantitative estimate of drug-likeness (QED) is 0.195. The van der Waals surface area contributed by atoms with Crippen molar-refractivity contribution in [3.05, 3.63) is 71.8 Å². The van der Waals surface area contributed by atoms with Crippen molar-refractivity contribution in [2.75, 3.05) is 26.2 Å². The van der Waals surface area contributed by atoms with Gasteiger partial charge in [0, 0.05) is 19.0 Å². The third-order valence-corrected chi connectivity index (χ3v) is 9.23. The molecule has 1 aliphatic carbocycles. The second-order valence-electron chi connectivity index (χ2n) is 12.3. The van der Waals surface area contributed by atoms with E-state index < -0.39 is 24.4 Å². The van der Waals surface area contributed by atoms with Crippen LogP contribution in [-0.4, -0.2) is 83.3 Å². The number of carbonyl (C=O) groups excluding carboxylic acids is 3. The summed E-state index contributed by atoms with van der Waals surface area (Å²) in [5.74, 6) is -0.256. The number of nitrogens with zero attached hydrogens (tertiary/aromatic N) is 3. The van der Waals surface area contributed by atoms with Crippen LogP contribution in [0.5, 0.6) is 0 Å². The molecule has 3 fully saturated rings. The number of ether oxygens (including phenoxy) is 1.